The third kappa shape index (κ3) is 3.51. The van der Waals surface area contributed by atoms with Crippen molar-refractivity contribution in [2.45, 2.75) is 19.4 Å². The van der Waals surface area contributed by atoms with Crippen molar-refractivity contribution in [1.29, 1.82) is 5.26 Å². The molecule has 0 aromatic carbocycles. The van der Waals surface area contributed by atoms with E-state index in [1.165, 1.54) is 6.20 Å². The number of hydrogen-bond donors (Lipinski definition) is 2. The van der Waals surface area contributed by atoms with Crippen molar-refractivity contribution in [2.24, 2.45) is 0 Å². The first-order chi connectivity index (χ1) is 7.52. The standard InChI is InChI=1S/C10H10BrN3O2/c1-6(2-10(15)16)14-9-3-7(4-12)8(11)5-13-9/h3,5-6H,2H2,1H3,(H,13,14)(H,15,16)/t6-/m1/s1. The molecule has 0 radical (unpaired) electrons. The van der Waals surface area contributed by atoms with Crippen molar-refractivity contribution in [2.75, 3.05) is 5.32 Å². The molecule has 0 aliphatic heterocycles. The summed E-state index contributed by atoms with van der Waals surface area (Å²) in [5, 5.41) is 20.3. The van der Waals surface area contributed by atoms with E-state index in [-0.39, 0.29) is 12.5 Å². The van der Waals surface area contributed by atoms with Crippen molar-refractivity contribution >= 4 is 27.7 Å². The van der Waals surface area contributed by atoms with Gasteiger partial charge in [-0.1, -0.05) is 0 Å². The summed E-state index contributed by atoms with van der Waals surface area (Å²) in [6.45, 7) is 1.74. The maximum atomic E-state index is 10.5. The topological polar surface area (TPSA) is 86.0 Å². The van der Waals surface area contributed by atoms with E-state index >= 15 is 0 Å². The van der Waals surface area contributed by atoms with Gasteiger partial charge in [0.2, 0.25) is 0 Å². The number of rotatable bonds is 4. The van der Waals surface area contributed by atoms with Gasteiger partial charge in [0.25, 0.3) is 0 Å². The summed E-state index contributed by atoms with van der Waals surface area (Å²) in [5.41, 5.74) is 0.458. The fourth-order valence-corrected chi connectivity index (χ4v) is 1.47. The zero-order valence-electron chi connectivity index (χ0n) is 8.57. The Morgan fingerprint density at radius 1 is 1.81 bits per heavy atom. The molecule has 16 heavy (non-hydrogen) atoms. The number of nitrogens with zero attached hydrogens (tertiary/aromatic N) is 2. The van der Waals surface area contributed by atoms with E-state index in [9.17, 15) is 4.79 Å². The number of aliphatic carboxylic acids is 1. The Kier molecular flexibility index (Phi) is 4.26. The van der Waals surface area contributed by atoms with Gasteiger partial charge in [-0.05, 0) is 28.9 Å². The first-order valence-electron chi connectivity index (χ1n) is 4.57. The predicted octanol–water partition coefficient (Wildman–Crippen LogP) is 1.99. The molecular formula is C10H10BrN3O2. The summed E-state index contributed by atoms with van der Waals surface area (Å²) in [6.07, 6.45) is 1.51. The third-order valence-electron chi connectivity index (χ3n) is 1.85. The highest BCUT2D eigenvalue weighted by molar-refractivity contribution is 9.10. The van der Waals surface area contributed by atoms with Crippen LogP contribution in [-0.2, 0) is 4.79 Å². The molecule has 0 saturated carbocycles. The molecule has 1 rings (SSSR count). The summed E-state index contributed by atoms with van der Waals surface area (Å²) in [7, 11) is 0. The second kappa shape index (κ2) is 5.47. The minimum Gasteiger partial charge on any atom is -0.481 e. The van der Waals surface area contributed by atoms with Gasteiger partial charge >= 0.3 is 5.97 Å². The van der Waals surface area contributed by atoms with Crippen LogP contribution in [-0.4, -0.2) is 22.1 Å². The van der Waals surface area contributed by atoms with E-state index in [1.54, 1.807) is 13.0 Å². The van der Waals surface area contributed by atoms with Gasteiger partial charge in [-0.25, -0.2) is 4.98 Å². The minimum atomic E-state index is -0.877. The Morgan fingerprint density at radius 3 is 3.06 bits per heavy atom. The van der Waals surface area contributed by atoms with Crippen LogP contribution in [0.3, 0.4) is 0 Å². The fourth-order valence-electron chi connectivity index (χ4n) is 1.17. The Labute approximate surface area is 101 Å². The molecular weight excluding hydrogens is 274 g/mol. The number of nitrogens with one attached hydrogen (secondary N) is 1. The fraction of sp³-hybridized carbons (Fsp3) is 0.300. The zero-order chi connectivity index (χ0) is 12.1. The summed E-state index contributed by atoms with van der Waals surface area (Å²) in [6, 6.07) is 3.34. The van der Waals surface area contributed by atoms with Gasteiger partial charge < -0.3 is 10.4 Å². The van der Waals surface area contributed by atoms with Crippen molar-refractivity contribution in [3.63, 3.8) is 0 Å². The number of hydrogen-bond acceptors (Lipinski definition) is 4. The average Bonchev–Trinajstić information content (AvgIpc) is 2.19. The van der Waals surface area contributed by atoms with Gasteiger partial charge in [-0.3, -0.25) is 4.79 Å². The molecule has 5 nitrogen and oxygen atoms in total. The third-order valence-corrected chi connectivity index (χ3v) is 2.48. The van der Waals surface area contributed by atoms with E-state index in [0.29, 0.717) is 15.9 Å². The van der Waals surface area contributed by atoms with Crippen LogP contribution in [0.4, 0.5) is 5.82 Å². The molecule has 0 aliphatic carbocycles. The Hall–Kier alpha value is -1.61. The van der Waals surface area contributed by atoms with Crippen molar-refractivity contribution in [3.8, 4) is 6.07 Å². The predicted molar refractivity (Wildman–Crippen MR) is 62.0 cm³/mol. The Morgan fingerprint density at radius 2 is 2.50 bits per heavy atom. The first-order valence-corrected chi connectivity index (χ1v) is 5.36. The monoisotopic (exact) mass is 283 g/mol. The summed E-state index contributed by atoms with van der Waals surface area (Å²) >= 11 is 3.19. The van der Waals surface area contributed by atoms with Crippen LogP contribution < -0.4 is 5.32 Å². The van der Waals surface area contributed by atoms with Gasteiger partial charge in [0.05, 0.1) is 16.5 Å². The molecule has 0 bridgehead atoms. The lowest BCUT2D eigenvalue weighted by atomic mass is 10.2. The van der Waals surface area contributed by atoms with Crippen molar-refractivity contribution < 1.29 is 9.90 Å². The summed E-state index contributed by atoms with van der Waals surface area (Å²) in [4.78, 5) is 14.5. The molecule has 1 aromatic heterocycles. The van der Waals surface area contributed by atoms with Crippen LogP contribution in [0.2, 0.25) is 0 Å². The lowest BCUT2D eigenvalue weighted by Crippen LogP contribution is -2.19. The normalized spacial score (nSPS) is 11.6. The van der Waals surface area contributed by atoms with Crippen LogP contribution in [0.25, 0.3) is 0 Å². The SMILES string of the molecule is C[C@H](CC(=O)O)Nc1cc(C#N)c(Br)cn1. The molecule has 0 saturated heterocycles. The number of carboxylic acids is 1. The number of nitriles is 1. The molecule has 0 aliphatic rings. The zero-order valence-corrected chi connectivity index (χ0v) is 10.2. The number of halogens is 1. The first kappa shape index (κ1) is 12.5. The lowest BCUT2D eigenvalue weighted by Gasteiger charge is -2.12. The highest BCUT2D eigenvalue weighted by Gasteiger charge is 2.09. The molecule has 1 atom stereocenters. The highest BCUT2D eigenvalue weighted by atomic mass is 79.9. The molecule has 1 aromatic rings. The van der Waals surface area contributed by atoms with Crippen LogP contribution in [0.15, 0.2) is 16.7 Å². The largest absolute Gasteiger partial charge is 0.481 e. The summed E-state index contributed by atoms with van der Waals surface area (Å²) in [5.74, 6) is -0.383. The Bertz CT molecular complexity index is 442. The van der Waals surface area contributed by atoms with Crippen LogP contribution in [0.1, 0.15) is 18.9 Å². The Balaban J connectivity index is 2.75. The second-order valence-electron chi connectivity index (χ2n) is 3.30. The number of aromatic nitrogens is 1. The van der Waals surface area contributed by atoms with E-state index in [2.05, 4.69) is 26.2 Å². The maximum absolute atomic E-state index is 10.5. The second-order valence-corrected chi connectivity index (χ2v) is 4.16. The van der Waals surface area contributed by atoms with Crippen LogP contribution in [0, 0.1) is 11.3 Å². The van der Waals surface area contributed by atoms with Gasteiger partial charge in [-0.2, -0.15) is 5.26 Å². The smallest absolute Gasteiger partial charge is 0.305 e. The molecule has 0 fully saturated rings. The highest BCUT2D eigenvalue weighted by Crippen LogP contribution is 2.18. The minimum absolute atomic E-state index is 0.000366. The van der Waals surface area contributed by atoms with E-state index in [0.717, 1.165) is 0 Å². The molecule has 6 heteroatoms. The van der Waals surface area contributed by atoms with E-state index in [1.807, 2.05) is 6.07 Å². The molecule has 0 spiro atoms. The van der Waals surface area contributed by atoms with Gasteiger partial charge in [0.15, 0.2) is 0 Å². The number of anilines is 1. The van der Waals surface area contributed by atoms with Gasteiger partial charge in [-0.15, -0.1) is 0 Å². The van der Waals surface area contributed by atoms with Crippen LogP contribution >= 0.6 is 15.9 Å². The molecule has 0 amide bonds. The molecule has 1 heterocycles. The van der Waals surface area contributed by atoms with E-state index in [4.69, 9.17) is 10.4 Å². The lowest BCUT2D eigenvalue weighted by molar-refractivity contribution is -0.137. The van der Waals surface area contributed by atoms with Crippen molar-refractivity contribution in [3.05, 3.63) is 22.3 Å². The molecule has 2 N–H and O–H groups in total. The maximum Gasteiger partial charge on any atom is 0.305 e. The molecule has 84 valence electrons. The number of pyridine rings is 1. The van der Waals surface area contributed by atoms with E-state index < -0.39 is 5.97 Å². The van der Waals surface area contributed by atoms with Gasteiger partial charge in [0.1, 0.15) is 11.9 Å². The van der Waals surface area contributed by atoms with Crippen molar-refractivity contribution in [1.82, 2.24) is 4.98 Å². The number of carboxylic acid groups (broad SMARTS) is 1. The van der Waals surface area contributed by atoms with Gasteiger partial charge in [0, 0.05) is 12.2 Å². The summed E-state index contributed by atoms with van der Waals surface area (Å²) < 4.78 is 0.617. The van der Waals surface area contributed by atoms with Crippen LogP contribution in [0.5, 0.6) is 0 Å². The average molecular weight is 284 g/mol. The number of carbonyl (C=O) groups is 1. The quantitative estimate of drug-likeness (QED) is 0.883. The molecule has 0 unspecified atom stereocenters.